The average molecular weight is 171 g/mol. The molecule has 0 fully saturated rings. The summed E-state index contributed by atoms with van der Waals surface area (Å²) in [6.07, 6.45) is 0. The van der Waals surface area contributed by atoms with Crippen LogP contribution >= 0.6 is 0 Å². The van der Waals surface area contributed by atoms with Gasteiger partial charge in [-0.3, -0.25) is 0 Å². The van der Waals surface area contributed by atoms with Gasteiger partial charge in [-0.05, 0) is 20.8 Å². The Morgan fingerprint density at radius 2 is 2.08 bits per heavy atom. The van der Waals surface area contributed by atoms with Crippen molar-refractivity contribution in [1.29, 1.82) is 0 Å². The van der Waals surface area contributed by atoms with Gasteiger partial charge in [0.1, 0.15) is 5.60 Å². The Labute approximate surface area is 70.6 Å². The van der Waals surface area contributed by atoms with Crippen LogP contribution in [-0.2, 0) is 5.60 Å². The number of aliphatic hydroxyl groups is 1. The van der Waals surface area contributed by atoms with Crippen molar-refractivity contribution in [3.63, 3.8) is 0 Å². The highest BCUT2D eigenvalue weighted by molar-refractivity contribution is 4.93. The Morgan fingerprint density at radius 3 is 2.33 bits per heavy atom. The zero-order valence-corrected chi connectivity index (χ0v) is 7.40. The highest BCUT2D eigenvalue weighted by atomic mass is 16.4. The predicted molar refractivity (Wildman–Crippen MR) is 42.1 cm³/mol. The van der Waals surface area contributed by atoms with E-state index in [2.05, 4.69) is 10.2 Å². The molecule has 0 saturated heterocycles. The lowest BCUT2D eigenvalue weighted by Gasteiger charge is -2.10. The number of hydrogen-bond acceptors (Lipinski definition) is 5. The summed E-state index contributed by atoms with van der Waals surface area (Å²) in [5, 5.41) is 16.8. The molecule has 0 spiro atoms. The summed E-state index contributed by atoms with van der Waals surface area (Å²) >= 11 is 0. The number of hydrogen-bond donors (Lipinski definition) is 2. The van der Waals surface area contributed by atoms with Crippen LogP contribution in [-0.4, -0.2) is 15.3 Å². The Morgan fingerprint density at radius 1 is 1.50 bits per heavy atom. The second-order valence-electron chi connectivity index (χ2n) is 3.29. The van der Waals surface area contributed by atoms with Gasteiger partial charge in [0.05, 0.1) is 6.04 Å². The first kappa shape index (κ1) is 9.15. The minimum Gasteiger partial charge on any atom is -0.420 e. The molecule has 3 N–H and O–H groups in total. The quantitative estimate of drug-likeness (QED) is 0.669. The third-order valence-corrected chi connectivity index (χ3v) is 1.35. The molecule has 0 aliphatic rings. The van der Waals surface area contributed by atoms with Crippen LogP contribution in [0.15, 0.2) is 4.42 Å². The van der Waals surface area contributed by atoms with Gasteiger partial charge in [-0.1, -0.05) is 0 Å². The normalized spacial score (nSPS) is 14.8. The van der Waals surface area contributed by atoms with E-state index in [0.717, 1.165) is 0 Å². The lowest BCUT2D eigenvalue weighted by Crippen LogP contribution is -2.15. The van der Waals surface area contributed by atoms with E-state index in [1.165, 1.54) is 0 Å². The summed E-state index contributed by atoms with van der Waals surface area (Å²) in [5.74, 6) is 0.530. The first-order valence-corrected chi connectivity index (χ1v) is 3.73. The lowest BCUT2D eigenvalue weighted by molar-refractivity contribution is 0.0467. The third kappa shape index (κ3) is 1.80. The standard InChI is InChI=1S/C7H13N3O2/c1-4(8)5-9-10-6(12-5)7(2,3)11/h4,11H,8H2,1-3H3/t4-/m0/s1. The summed E-state index contributed by atoms with van der Waals surface area (Å²) in [4.78, 5) is 0. The molecule has 1 heterocycles. The first-order valence-electron chi connectivity index (χ1n) is 3.73. The number of nitrogens with two attached hydrogens (primary N) is 1. The monoisotopic (exact) mass is 171 g/mol. The Bertz CT molecular complexity index is 262. The molecule has 1 aromatic rings. The van der Waals surface area contributed by atoms with Gasteiger partial charge in [0.25, 0.3) is 0 Å². The zero-order valence-electron chi connectivity index (χ0n) is 7.40. The van der Waals surface area contributed by atoms with Gasteiger partial charge < -0.3 is 15.3 Å². The second kappa shape index (κ2) is 2.84. The van der Waals surface area contributed by atoms with Crippen molar-refractivity contribution >= 4 is 0 Å². The van der Waals surface area contributed by atoms with E-state index in [1.54, 1.807) is 20.8 Å². The van der Waals surface area contributed by atoms with Crippen molar-refractivity contribution in [2.45, 2.75) is 32.4 Å². The summed E-state index contributed by atoms with van der Waals surface area (Å²) in [5.41, 5.74) is 4.40. The van der Waals surface area contributed by atoms with Gasteiger partial charge in [-0.2, -0.15) is 0 Å². The molecular weight excluding hydrogens is 158 g/mol. The van der Waals surface area contributed by atoms with E-state index in [1.807, 2.05) is 0 Å². The van der Waals surface area contributed by atoms with Crippen LogP contribution in [0.25, 0.3) is 0 Å². The Hall–Kier alpha value is -0.940. The van der Waals surface area contributed by atoms with Crippen LogP contribution in [0.3, 0.4) is 0 Å². The molecule has 0 unspecified atom stereocenters. The molecule has 1 atom stereocenters. The second-order valence-corrected chi connectivity index (χ2v) is 3.29. The highest BCUT2D eigenvalue weighted by Crippen LogP contribution is 2.19. The largest absolute Gasteiger partial charge is 0.420 e. The van der Waals surface area contributed by atoms with Gasteiger partial charge in [0.2, 0.25) is 11.8 Å². The minimum atomic E-state index is -1.10. The van der Waals surface area contributed by atoms with E-state index in [4.69, 9.17) is 10.2 Å². The topological polar surface area (TPSA) is 85.2 Å². The fourth-order valence-corrected chi connectivity index (χ4v) is 0.666. The van der Waals surface area contributed by atoms with Gasteiger partial charge in [0.15, 0.2) is 0 Å². The van der Waals surface area contributed by atoms with Gasteiger partial charge in [0, 0.05) is 0 Å². The molecule has 0 aliphatic heterocycles. The van der Waals surface area contributed by atoms with Crippen molar-refractivity contribution in [2.24, 2.45) is 5.73 Å². The van der Waals surface area contributed by atoms with Crippen molar-refractivity contribution < 1.29 is 9.52 Å². The number of nitrogens with zero attached hydrogens (tertiary/aromatic N) is 2. The molecule has 1 aromatic heterocycles. The predicted octanol–water partition coefficient (Wildman–Crippen LogP) is 0.317. The summed E-state index contributed by atoms with van der Waals surface area (Å²) in [6.45, 7) is 4.89. The molecule has 0 radical (unpaired) electrons. The lowest BCUT2D eigenvalue weighted by atomic mass is 10.1. The third-order valence-electron chi connectivity index (χ3n) is 1.35. The van der Waals surface area contributed by atoms with E-state index in [9.17, 15) is 5.11 Å². The Kier molecular flexibility index (Phi) is 2.16. The SMILES string of the molecule is C[C@H](N)c1nnc(C(C)(C)O)o1. The highest BCUT2D eigenvalue weighted by Gasteiger charge is 2.24. The average Bonchev–Trinajstić information content (AvgIpc) is 2.30. The van der Waals surface area contributed by atoms with Crippen LogP contribution in [0, 0.1) is 0 Å². The maximum atomic E-state index is 9.45. The van der Waals surface area contributed by atoms with E-state index < -0.39 is 5.60 Å². The minimum absolute atomic E-state index is 0.190. The zero-order chi connectivity index (χ0) is 9.35. The molecule has 5 nitrogen and oxygen atoms in total. The fourth-order valence-electron chi connectivity index (χ4n) is 0.666. The van der Waals surface area contributed by atoms with Gasteiger partial charge in [-0.15, -0.1) is 10.2 Å². The maximum Gasteiger partial charge on any atom is 0.247 e. The molecule has 0 aromatic carbocycles. The number of aromatic nitrogens is 2. The van der Waals surface area contributed by atoms with Gasteiger partial charge in [-0.25, -0.2) is 0 Å². The van der Waals surface area contributed by atoms with Crippen molar-refractivity contribution in [3.8, 4) is 0 Å². The first-order chi connectivity index (χ1) is 5.41. The smallest absolute Gasteiger partial charge is 0.247 e. The molecule has 0 saturated carbocycles. The van der Waals surface area contributed by atoms with Crippen LogP contribution < -0.4 is 5.73 Å². The van der Waals surface area contributed by atoms with E-state index >= 15 is 0 Å². The van der Waals surface area contributed by atoms with Crippen LogP contribution in [0.5, 0.6) is 0 Å². The molecule has 68 valence electrons. The molecule has 5 heteroatoms. The molecule has 0 aliphatic carbocycles. The van der Waals surface area contributed by atoms with E-state index in [-0.39, 0.29) is 11.9 Å². The van der Waals surface area contributed by atoms with E-state index in [0.29, 0.717) is 5.89 Å². The van der Waals surface area contributed by atoms with Crippen molar-refractivity contribution in [3.05, 3.63) is 11.8 Å². The van der Waals surface area contributed by atoms with Crippen molar-refractivity contribution in [2.75, 3.05) is 0 Å². The van der Waals surface area contributed by atoms with Crippen molar-refractivity contribution in [1.82, 2.24) is 10.2 Å². The molecule has 0 amide bonds. The Balaban J connectivity index is 2.92. The summed E-state index contributed by atoms with van der Waals surface area (Å²) in [7, 11) is 0. The molecular formula is C7H13N3O2. The number of rotatable bonds is 2. The van der Waals surface area contributed by atoms with Crippen LogP contribution in [0.4, 0.5) is 0 Å². The molecule has 0 bridgehead atoms. The summed E-state index contributed by atoms with van der Waals surface area (Å²) < 4.78 is 5.11. The van der Waals surface area contributed by atoms with Crippen LogP contribution in [0.1, 0.15) is 38.6 Å². The molecule has 12 heavy (non-hydrogen) atoms. The van der Waals surface area contributed by atoms with Gasteiger partial charge >= 0.3 is 0 Å². The summed E-state index contributed by atoms with van der Waals surface area (Å²) in [6, 6.07) is -0.298. The molecule has 1 rings (SSSR count). The fraction of sp³-hybridized carbons (Fsp3) is 0.714. The van der Waals surface area contributed by atoms with Crippen LogP contribution in [0.2, 0.25) is 0 Å². The maximum absolute atomic E-state index is 9.45.